The molecule has 2 amide bonds. The molecule has 7 heteroatoms. The van der Waals surface area contributed by atoms with Crippen molar-refractivity contribution < 1.29 is 19.1 Å². The zero-order chi connectivity index (χ0) is 23.2. The van der Waals surface area contributed by atoms with Gasteiger partial charge in [-0.3, -0.25) is 14.5 Å². The predicted octanol–water partition coefficient (Wildman–Crippen LogP) is 3.66. The highest BCUT2D eigenvalue weighted by Gasteiger charge is 2.37. The average Bonchev–Trinajstić information content (AvgIpc) is 3.38. The summed E-state index contributed by atoms with van der Waals surface area (Å²) in [7, 11) is 3.22. The van der Waals surface area contributed by atoms with Gasteiger partial charge in [-0.05, 0) is 49.1 Å². The molecule has 176 valence electrons. The number of ether oxygens (including phenoxy) is 2. The third-order valence-electron chi connectivity index (χ3n) is 6.76. The molecule has 1 aliphatic carbocycles. The molecule has 1 aliphatic heterocycles. The summed E-state index contributed by atoms with van der Waals surface area (Å²) in [6, 6.07) is 14.5. The Morgan fingerprint density at radius 1 is 0.909 bits per heavy atom. The predicted molar refractivity (Wildman–Crippen MR) is 128 cm³/mol. The van der Waals surface area contributed by atoms with E-state index in [9.17, 15) is 9.59 Å². The molecule has 0 spiro atoms. The second-order valence-corrected chi connectivity index (χ2v) is 8.77. The van der Waals surface area contributed by atoms with Crippen LogP contribution in [0, 0.1) is 5.92 Å². The molecule has 1 N–H and O–H groups in total. The molecular formula is C26H33N3O4. The number of anilines is 1. The molecular weight excluding hydrogens is 418 g/mol. The number of hydrogen-bond donors (Lipinski definition) is 1. The first-order chi connectivity index (χ1) is 16.1. The van der Waals surface area contributed by atoms with Gasteiger partial charge >= 0.3 is 0 Å². The minimum atomic E-state index is -0.187. The van der Waals surface area contributed by atoms with Gasteiger partial charge in [0.25, 0.3) is 5.91 Å². The third kappa shape index (κ3) is 5.47. The summed E-state index contributed by atoms with van der Waals surface area (Å²) in [6.45, 7) is 2.57. The fourth-order valence-corrected chi connectivity index (χ4v) is 5.01. The Balaban J connectivity index is 1.43. The Bertz CT molecular complexity index is 966. The number of amides is 2. The second-order valence-electron chi connectivity index (χ2n) is 8.77. The maximum Gasteiger partial charge on any atom is 0.254 e. The number of carbonyl (C=O) groups excluding carboxylic acids is 2. The Morgan fingerprint density at radius 3 is 2.21 bits per heavy atom. The Hall–Kier alpha value is -3.06. The van der Waals surface area contributed by atoms with Gasteiger partial charge in [-0.1, -0.05) is 25.0 Å². The van der Waals surface area contributed by atoms with Crippen LogP contribution in [0.3, 0.4) is 0 Å². The number of nitrogens with zero attached hydrogens (tertiary/aromatic N) is 2. The van der Waals surface area contributed by atoms with Crippen LogP contribution in [-0.4, -0.2) is 68.1 Å². The Kier molecular flexibility index (Phi) is 7.50. The van der Waals surface area contributed by atoms with E-state index < -0.39 is 0 Å². The van der Waals surface area contributed by atoms with Crippen molar-refractivity contribution in [3.8, 4) is 11.5 Å². The minimum absolute atomic E-state index is 0.00629. The molecule has 2 fully saturated rings. The molecule has 1 saturated heterocycles. The van der Waals surface area contributed by atoms with Gasteiger partial charge in [-0.15, -0.1) is 0 Å². The van der Waals surface area contributed by atoms with Crippen LogP contribution < -0.4 is 14.8 Å². The van der Waals surface area contributed by atoms with Crippen molar-refractivity contribution in [3.63, 3.8) is 0 Å². The summed E-state index contributed by atoms with van der Waals surface area (Å²) in [4.78, 5) is 30.6. The molecule has 1 atom stereocenters. The molecule has 1 heterocycles. The van der Waals surface area contributed by atoms with E-state index in [0.717, 1.165) is 24.3 Å². The van der Waals surface area contributed by atoms with Gasteiger partial charge < -0.3 is 19.7 Å². The fourth-order valence-electron chi connectivity index (χ4n) is 5.01. The van der Waals surface area contributed by atoms with E-state index in [2.05, 4.69) is 10.2 Å². The maximum absolute atomic E-state index is 13.4. The summed E-state index contributed by atoms with van der Waals surface area (Å²) >= 11 is 0. The smallest absolute Gasteiger partial charge is 0.254 e. The molecule has 0 radical (unpaired) electrons. The number of piperazine rings is 1. The molecule has 2 aromatic carbocycles. The van der Waals surface area contributed by atoms with Crippen LogP contribution in [0.15, 0.2) is 48.5 Å². The van der Waals surface area contributed by atoms with E-state index in [4.69, 9.17) is 9.47 Å². The lowest BCUT2D eigenvalue weighted by atomic mass is 9.94. The van der Waals surface area contributed by atoms with Crippen molar-refractivity contribution >= 4 is 17.5 Å². The Morgan fingerprint density at radius 2 is 1.55 bits per heavy atom. The number of hydrogen-bond acceptors (Lipinski definition) is 5. The third-order valence-corrected chi connectivity index (χ3v) is 6.76. The number of nitrogens with one attached hydrogen (secondary N) is 1. The molecule has 4 rings (SSSR count). The summed E-state index contributed by atoms with van der Waals surface area (Å²) in [5.74, 6) is 1.77. The van der Waals surface area contributed by atoms with Crippen molar-refractivity contribution in [3.05, 3.63) is 54.1 Å². The molecule has 7 nitrogen and oxygen atoms in total. The van der Waals surface area contributed by atoms with Crippen LogP contribution in [0.25, 0.3) is 0 Å². The number of rotatable bonds is 7. The molecule has 0 bridgehead atoms. The molecule has 1 unspecified atom stereocenters. The number of methoxy groups -OCH3 is 2. The number of benzene rings is 2. The van der Waals surface area contributed by atoms with Crippen LogP contribution in [0.5, 0.6) is 11.5 Å². The van der Waals surface area contributed by atoms with Gasteiger partial charge in [-0.2, -0.15) is 0 Å². The molecule has 0 aromatic heterocycles. The lowest BCUT2D eigenvalue weighted by Crippen LogP contribution is -2.56. The topological polar surface area (TPSA) is 71.1 Å². The van der Waals surface area contributed by atoms with Crippen LogP contribution in [0.4, 0.5) is 5.69 Å². The van der Waals surface area contributed by atoms with Gasteiger partial charge in [0, 0.05) is 43.5 Å². The van der Waals surface area contributed by atoms with Gasteiger partial charge in [0.2, 0.25) is 5.91 Å². The van der Waals surface area contributed by atoms with Crippen molar-refractivity contribution in [2.24, 2.45) is 5.92 Å². The Labute approximate surface area is 195 Å². The quantitative estimate of drug-likeness (QED) is 0.696. The minimum Gasteiger partial charge on any atom is -0.497 e. The van der Waals surface area contributed by atoms with Gasteiger partial charge in [-0.25, -0.2) is 0 Å². The van der Waals surface area contributed by atoms with Crippen molar-refractivity contribution in [1.82, 2.24) is 9.80 Å². The first-order valence-electron chi connectivity index (χ1n) is 11.7. The van der Waals surface area contributed by atoms with E-state index in [1.165, 1.54) is 12.8 Å². The first kappa shape index (κ1) is 23.1. The lowest BCUT2D eigenvalue weighted by Gasteiger charge is -2.40. The van der Waals surface area contributed by atoms with Gasteiger partial charge in [0.1, 0.15) is 11.5 Å². The molecule has 1 saturated carbocycles. The van der Waals surface area contributed by atoms with Crippen molar-refractivity contribution in [1.29, 1.82) is 0 Å². The number of carbonyl (C=O) groups is 2. The zero-order valence-corrected chi connectivity index (χ0v) is 19.5. The highest BCUT2D eigenvalue weighted by atomic mass is 16.5. The van der Waals surface area contributed by atoms with Crippen LogP contribution >= 0.6 is 0 Å². The van der Waals surface area contributed by atoms with Crippen molar-refractivity contribution in [2.75, 3.05) is 45.7 Å². The largest absolute Gasteiger partial charge is 0.497 e. The normalized spacial score (nSPS) is 18.1. The van der Waals surface area contributed by atoms with Crippen LogP contribution in [0.2, 0.25) is 0 Å². The average molecular weight is 452 g/mol. The summed E-state index contributed by atoms with van der Waals surface area (Å²) in [5, 5.41) is 3.11. The van der Waals surface area contributed by atoms with E-state index in [-0.39, 0.29) is 17.9 Å². The van der Waals surface area contributed by atoms with E-state index >= 15 is 0 Å². The summed E-state index contributed by atoms with van der Waals surface area (Å²) in [6.07, 6.45) is 4.47. The van der Waals surface area contributed by atoms with Crippen molar-refractivity contribution in [2.45, 2.75) is 31.7 Å². The SMILES string of the molecule is COc1cccc(NC(=O)C(C2CCCC2)N2CCN(C(=O)c3cccc(OC)c3)CC2)c1. The van der Waals surface area contributed by atoms with Crippen LogP contribution in [-0.2, 0) is 4.79 Å². The lowest BCUT2D eigenvalue weighted by molar-refractivity contribution is -0.123. The van der Waals surface area contributed by atoms with Crippen LogP contribution in [0.1, 0.15) is 36.0 Å². The summed E-state index contributed by atoms with van der Waals surface area (Å²) in [5.41, 5.74) is 1.38. The van der Waals surface area contributed by atoms with E-state index in [1.807, 2.05) is 47.4 Å². The monoisotopic (exact) mass is 451 g/mol. The molecule has 2 aliphatic rings. The van der Waals surface area contributed by atoms with E-state index in [0.29, 0.717) is 43.4 Å². The maximum atomic E-state index is 13.4. The van der Waals surface area contributed by atoms with E-state index in [1.54, 1.807) is 20.3 Å². The highest BCUT2D eigenvalue weighted by Crippen LogP contribution is 2.32. The van der Waals surface area contributed by atoms with Gasteiger partial charge in [0.05, 0.1) is 20.3 Å². The first-order valence-corrected chi connectivity index (χ1v) is 11.7. The second kappa shape index (κ2) is 10.7. The zero-order valence-electron chi connectivity index (χ0n) is 19.5. The highest BCUT2D eigenvalue weighted by molar-refractivity contribution is 5.96. The van der Waals surface area contributed by atoms with Gasteiger partial charge in [0.15, 0.2) is 0 Å². The fraction of sp³-hybridized carbons (Fsp3) is 0.462. The molecule has 33 heavy (non-hydrogen) atoms. The standard InChI is InChI=1S/C26H33N3O4/c1-32-22-11-5-9-20(17-22)26(31)29-15-13-28(14-16-29)24(19-7-3-4-8-19)25(30)27-21-10-6-12-23(18-21)33-2/h5-6,9-12,17-19,24H,3-4,7-8,13-16H2,1-2H3,(H,27,30). The summed E-state index contributed by atoms with van der Waals surface area (Å²) < 4.78 is 10.5. The molecule has 2 aromatic rings.